The van der Waals surface area contributed by atoms with E-state index in [1.165, 1.54) is 12.1 Å². The summed E-state index contributed by atoms with van der Waals surface area (Å²) in [6.45, 7) is 4.39. The molecule has 6 heteroatoms. The molecule has 0 bridgehead atoms. The predicted molar refractivity (Wildman–Crippen MR) is 76.8 cm³/mol. The van der Waals surface area contributed by atoms with E-state index in [0.29, 0.717) is 11.6 Å². The maximum absolute atomic E-state index is 10.6. The van der Waals surface area contributed by atoms with E-state index in [1.54, 1.807) is 6.07 Å². The van der Waals surface area contributed by atoms with Crippen molar-refractivity contribution >= 4 is 17.3 Å². The number of non-ortho nitro benzene ring substituents is 1. The molecule has 0 radical (unpaired) electrons. The maximum atomic E-state index is 10.6. The fraction of sp³-hybridized carbons (Fsp3) is 0.286. The van der Waals surface area contributed by atoms with Gasteiger partial charge >= 0.3 is 0 Å². The van der Waals surface area contributed by atoms with Gasteiger partial charge in [0.05, 0.1) is 16.0 Å². The molecular weight excluding hydrogens is 280 g/mol. The summed E-state index contributed by atoms with van der Waals surface area (Å²) in [7, 11) is 0. The van der Waals surface area contributed by atoms with Gasteiger partial charge in [0.2, 0.25) is 0 Å². The number of aryl methyl sites for hydroxylation is 1. The third-order valence-corrected chi connectivity index (χ3v) is 3.39. The van der Waals surface area contributed by atoms with Crippen molar-refractivity contribution in [1.82, 2.24) is 5.32 Å². The van der Waals surface area contributed by atoms with Crippen molar-refractivity contribution in [1.29, 1.82) is 0 Å². The Kier molecular flexibility index (Phi) is 4.42. The van der Waals surface area contributed by atoms with E-state index >= 15 is 0 Å². The van der Waals surface area contributed by atoms with Gasteiger partial charge in [0.15, 0.2) is 0 Å². The summed E-state index contributed by atoms with van der Waals surface area (Å²) in [6.07, 6.45) is 0. The Labute approximate surface area is 121 Å². The highest BCUT2D eigenvalue weighted by Crippen LogP contribution is 2.23. The second-order valence-corrected chi connectivity index (χ2v) is 4.99. The second-order valence-electron chi connectivity index (χ2n) is 4.58. The lowest BCUT2D eigenvalue weighted by molar-refractivity contribution is -0.384. The monoisotopic (exact) mass is 294 g/mol. The quantitative estimate of drug-likeness (QED) is 0.668. The predicted octanol–water partition coefficient (Wildman–Crippen LogP) is 4.00. The number of nitrogens with zero attached hydrogens (tertiary/aromatic N) is 1. The molecule has 20 heavy (non-hydrogen) atoms. The molecule has 2 rings (SSSR count). The number of hydrogen-bond acceptors (Lipinski definition) is 4. The minimum absolute atomic E-state index is 0.00606. The molecule has 0 saturated heterocycles. The van der Waals surface area contributed by atoms with E-state index in [4.69, 9.17) is 16.0 Å². The molecule has 0 saturated carbocycles. The van der Waals surface area contributed by atoms with E-state index in [2.05, 4.69) is 5.32 Å². The van der Waals surface area contributed by atoms with Crippen LogP contribution < -0.4 is 5.32 Å². The van der Waals surface area contributed by atoms with Crippen LogP contribution in [-0.4, -0.2) is 4.92 Å². The highest BCUT2D eigenvalue weighted by atomic mass is 35.5. The zero-order chi connectivity index (χ0) is 14.7. The van der Waals surface area contributed by atoms with Gasteiger partial charge in [0.1, 0.15) is 11.5 Å². The highest BCUT2D eigenvalue weighted by molar-refractivity contribution is 6.31. The van der Waals surface area contributed by atoms with Gasteiger partial charge in [-0.05, 0) is 37.6 Å². The maximum Gasteiger partial charge on any atom is 0.270 e. The highest BCUT2D eigenvalue weighted by Gasteiger charge is 2.12. The molecule has 1 aromatic carbocycles. The summed E-state index contributed by atoms with van der Waals surface area (Å²) in [5.41, 5.74) is 0.806. The first-order valence-corrected chi connectivity index (χ1v) is 6.57. The molecule has 1 heterocycles. The van der Waals surface area contributed by atoms with Crippen LogP contribution in [0.25, 0.3) is 0 Å². The zero-order valence-corrected chi connectivity index (χ0v) is 12.0. The third-order valence-electron chi connectivity index (χ3n) is 3.03. The Morgan fingerprint density at radius 1 is 1.40 bits per heavy atom. The molecule has 0 aliphatic heterocycles. The molecule has 0 aliphatic carbocycles. The number of nitro benzene ring substituents is 1. The number of benzene rings is 1. The lowest BCUT2D eigenvalue weighted by Crippen LogP contribution is -2.17. The Morgan fingerprint density at radius 2 is 2.15 bits per heavy atom. The molecule has 1 atom stereocenters. The van der Waals surface area contributed by atoms with Crippen molar-refractivity contribution in [3.63, 3.8) is 0 Å². The Morgan fingerprint density at radius 3 is 2.70 bits per heavy atom. The number of nitrogens with one attached hydrogen (secondary N) is 1. The van der Waals surface area contributed by atoms with Crippen LogP contribution in [0, 0.1) is 17.0 Å². The molecule has 5 nitrogen and oxygen atoms in total. The molecule has 0 amide bonds. The average molecular weight is 295 g/mol. The molecular formula is C14H15ClN2O3. The van der Waals surface area contributed by atoms with Gasteiger partial charge < -0.3 is 9.73 Å². The van der Waals surface area contributed by atoms with Crippen LogP contribution >= 0.6 is 11.6 Å². The van der Waals surface area contributed by atoms with Gasteiger partial charge in [0.25, 0.3) is 5.69 Å². The fourth-order valence-electron chi connectivity index (χ4n) is 1.84. The molecule has 0 spiro atoms. The molecule has 1 unspecified atom stereocenters. The standard InChI is InChI=1S/C14H15ClN2O3/c1-9-3-6-14(20-9)10(2)16-8-11-4-5-12(17(18)19)7-13(11)15/h3-7,10,16H,8H2,1-2H3. The van der Waals surface area contributed by atoms with Crippen molar-refractivity contribution in [2.45, 2.75) is 26.4 Å². The first-order chi connectivity index (χ1) is 9.47. The van der Waals surface area contributed by atoms with Crippen molar-refractivity contribution < 1.29 is 9.34 Å². The van der Waals surface area contributed by atoms with Crippen LogP contribution in [0.3, 0.4) is 0 Å². The van der Waals surface area contributed by atoms with E-state index < -0.39 is 4.92 Å². The Hall–Kier alpha value is -1.85. The number of nitro groups is 1. The number of rotatable bonds is 5. The van der Waals surface area contributed by atoms with Crippen LogP contribution in [0.2, 0.25) is 5.02 Å². The van der Waals surface area contributed by atoms with Crippen LogP contribution in [0.15, 0.2) is 34.7 Å². The van der Waals surface area contributed by atoms with E-state index in [0.717, 1.165) is 17.1 Å². The molecule has 106 valence electrons. The van der Waals surface area contributed by atoms with Crippen LogP contribution in [-0.2, 0) is 6.54 Å². The molecule has 1 aromatic heterocycles. The van der Waals surface area contributed by atoms with Crippen LogP contribution in [0.5, 0.6) is 0 Å². The number of halogens is 1. The van der Waals surface area contributed by atoms with Crippen molar-refractivity contribution in [2.24, 2.45) is 0 Å². The summed E-state index contributed by atoms with van der Waals surface area (Å²) in [5.74, 6) is 1.71. The summed E-state index contributed by atoms with van der Waals surface area (Å²) in [5, 5.41) is 14.3. The van der Waals surface area contributed by atoms with Gasteiger partial charge in [-0.3, -0.25) is 10.1 Å². The largest absolute Gasteiger partial charge is 0.465 e. The van der Waals surface area contributed by atoms with Crippen LogP contribution in [0.4, 0.5) is 5.69 Å². The fourth-order valence-corrected chi connectivity index (χ4v) is 2.08. The minimum atomic E-state index is -0.461. The first kappa shape index (κ1) is 14.6. The van der Waals surface area contributed by atoms with Crippen molar-refractivity contribution in [3.8, 4) is 0 Å². The van der Waals surface area contributed by atoms with E-state index in [-0.39, 0.29) is 11.7 Å². The van der Waals surface area contributed by atoms with Gasteiger partial charge in [0, 0.05) is 18.7 Å². The second kappa shape index (κ2) is 6.07. The first-order valence-electron chi connectivity index (χ1n) is 6.20. The summed E-state index contributed by atoms with van der Waals surface area (Å²) < 4.78 is 5.53. The molecule has 0 fully saturated rings. The Balaban J connectivity index is 2.02. The van der Waals surface area contributed by atoms with Gasteiger partial charge in [-0.2, -0.15) is 0 Å². The SMILES string of the molecule is Cc1ccc(C(C)NCc2ccc([N+](=O)[O-])cc2Cl)o1. The smallest absolute Gasteiger partial charge is 0.270 e. The van der Waals surface area contributed by atoms with E-state index in [1.807, 2.05) is 26.0 Å². The van der Waals surface area contributed by atoms with Crippen molar-refractivity contribution in [2.75, 3.05) is 0 Å². The van der Waals surface area contributed by atoms with Crippen LogP contribution in [0.1, 0.15) is 30.0 Å². The summed E-state index contributed by atoms with van der Waals surface area (Å²) >= 11 is 6.04. The minimum Gasteiger partial charge on any atom is -0.465 e. The van der Waals surface area contributed by atoms with Crippen molar-refractivity contribution in [3.05, 3.63) is 62.6 Å². The summed E-state index contributed by atoms with van der Waals surface area (Å²) in [4.78, 5) is 10.2. The summed E-state index contributed by atoms with van der Waals surface area (Å²) in [6, 6.07) is 8.34. The van der Waals surface area contributed by atoms with Gasteiger partial charge in [-0.15, -0.1) is 0 Å². The molecule has 2 aromatic rings. The average Bonchev–Trinajstić information content (AvgIpc) is 2.83. The normalized spacial score (nSPS) is 12.3. The third kappa shape index (κ3) is 3.37. The Bertz CT molecular complexity index is 625. The molecule has 1 N–H and O–H groups in total. The molecule has 0 aliphatic rings. The lowest BCUT2D eigenvalue weighted by atomic mass is 10.2. The lowest BCUT2D eigenvalue weighted by Gasteiger charge is -2.12. The van der Waals surface area contributed by atoms with E-state index in [9.17, 15) is 10.1 Å². The van der Waals surface area contributed by atoms with Gasteiger partial charge in [-0.25, -0.2) is 0 Å². The van der Waals surface area contributed by atoms with Gasteiger partial charge in [-0.1, -0.05) is 11.6 Å². The zero-order valence-electron chi connectivity index (χ0n) is 11.2. The number of hydrogen-bond donors (Lipinski definition) is 1. The topological polar surface area (TPSA) is 68.3 Å². The number of furan rings is 1.